The molecule has 158 valence electrons. The number of hydrogen-bond acceptors (Lipinski definition) is 6. The number of nitrogens with zero attached hydrogens (tertiary/aromatic N) is 2. The topological polar surface area (TPSA) is 75.7 Å². The number of aromatic nitrogens is 2. The Morgan fingerprint density at radius 2 is 1.77 bits per heavy atom. The monoisotopic (exact) mass is 426 g/mol. The van der Waals surface area contributed by atoms with Crippen LogP contribution in [0.25, 0.3) is 5.69 Å². The van der Waals surface area contributed by atoms with Gasteiger partial charge in [0.1, 0.15) is 23.9 Å². The molecule has 0 saturated carbocycles. The van der Waals surface area contributed by atoms with Crippen molar-refractivity contribution in [2.24, 2.45) is 0 Å². The van der Waals surface area contributed by atoms with Gasteiger partial charge in [-0.1, -0.05) is 23.3 Å². The van der Waals surface area contributed by atoms with Crippen molar-refractivity contribution in [2.75, 3.05) is 7.11 Å². The normalized spacial score (nSPS) is 10.7. The first-order valence-corrected chi connectivity index (χ1v) is 9.11. The summed E-state index contributed by atoms with van der Waals surface area (Å²) < 4.78 is 48.7. The zero-order valence-electron chi connectivity index (χ0n) is 16.2. The highest BCUT2D eigenvalue weighted by Crippen LogP contribution is 2.24. The summed E-state index contributed by atoms with van der Waals surface area (Å²) in [6, 6.07) is 16.7. The third kappa shape index (κ3) is 4.55. The van der Waals surface area contributed by atoms with E-state index in [1.165, 1.54) is 0 Å². The van der Waals surface area contributed by atoms with Crippen molar-refractivity contribution in [1.82, 2.24) is 9.78 Å². The number of halogens is 2. The third-order valence-electron chi connectivity index (χ3n) is 4.29. The van der Waals surface area contributed by atoms with E-state index in [0.717, 1.165) is 28.1 Å². The summed E-state index contributed by atoms with van der Waals surface area (Å²) in [4.78, 5) is 12.1. The Balaban J connectivity index is 1.47. The lowest BCUT2D eigenvalue weighted by Gasteiger charge is -2.10. The molecule has 0 fully saturated rings. The number of benzene rings is 3. The van der Waals surface area contributed by atoms with Crippen molar-refractivity contribution in [1.29, 1.82) is 0 Å². The molecule has 3 aromatic carbocycles. The van der Waals surface area contributed by atoms with Gasteiger partial charge in [0.2, 0.25) is 0 Å². The minimum atomic E-state index is -0.950. The first-order chi connectivity index (χ1) is 15.0. The smallest absolute Gasteiger partial charge is 0.444 e. The van der Waals surface area contributed by atoms with Gasteiger partial charge in [-0.3, -0.25) is 0 Å². The first-order valence-electron chi connectivity index (χ1n) is 9.11. The van der Waals surface area contributed by atoms with Crippen molar-refractivity contribution < 1.29 is 27.4 Å². The molecular weight excluding hydrogens is 410 g/mol. The van der Waals surface area contributed by atoms with Gasteiger partial charge in [-0.05, 0) is 42.5 Å². The number of rotatable bonds is 7. The zero-order valence-corrected chi connectivity index (χ0v) is 16.2. The summed E-state index contributed by atoms with van der Waals surface area (Å²) in [6.45, 7) is 0.300. The van der Waals surface area contributed by atoms with Crippen molar-refractivity contribution in [2.45, 2.75) is 6.61 Å². The average molecular weight is 426 g/mol. The molecule has 0 saturated heterocycles. The van der Waals surface area contributed by atoms with E-state index in [2.05, 4.69) is 5.10 Å². The molecule has 0 radical (unpaired) electrons. The van der Waals surface area contributed by atoms with Crippen LogP contribution in [-0.4, -0.2) is 16.9 Å². The van der Waals surface area contributed by atoms with Gasteiger partial charge in [-0.2, -0.15) is 4.68 Å². The SMILES string of the molecule is COc1ccccc1COc1ccc(-n2nc(Oc3ccc(F)cc3F)oc2=O)cc1. The number of hydrogen-bond donors (Lipinski definition) is 0. The Morgan fingerprint density at radius 3 is 2.52 bits per heavy atom. The minimum Gasteiger partial charge on any atom is -0.496 e. The van der Waals surface area contributed by atoms with Crippen molar-refractivity contribution in [3.05, 3.63) is 94.5 Å². The molecule has 9 heteroatoms. The Bertz CT molecular complexity index is 1250. The van der Waals surface area contributed by atoms with Crippen LogP contribution in [0.2, 0.25) is 0 Å². The molecular formula is C22H16F2N2O5. The molecule has 0 unspecified atom stereocenters. The molecule has 0 aliphatic heterocycles. The number of ether oxygens (including phenoxy) is 3. The van der Waals surface area contributed by atoms with Crippen LogP contribution < -0.4 is 20.0 Å². The Kier molecular flexibility index (Phi) is 5.65. The maximum absolute atomic E-state index is 13.7. The molecule has 0 bridgehead atoms. The second-order valence-corrected chi connectivity index (χ2v) is 6.32. The molecule has 0 atom stereocenters. The van der Waals surface area contributed by atoms with Crippen LogP contribution in [0.4, 0.5) is 8.78 Å². The summed E-state index contributed by atoms with van der Waals surface area (Å²) in [5.41, 5.74) is 1.27. The second kappa shape index (κ2) is 8.70. The summed E-state index contributed by atoms with van der Waals surface area (Å²) in [6.07, 6.45) is -0.480. The van der Waals surface area contributed by atoms with Crippen LogP contribution in [0.1, 0.15) is 5.56 Å². The van der Waals surface area contributed by atoms with Gasteiger partial charge in [0.05, 0.1) is 12.8 Å². The number of para-hydroxylation sites is 1. The summed E-state index contributed by atoms with van der Waals surface area (Å²) in [5, 5.41) is 3.88. The standard InChI is InChI=1S/C22H16F2N2O5/c1-28-19-5-3-2-4-14(19)13-29-17-9-7-16(8-10-17)26-22(27)31-21(25-26)30-20-11-6-15(23)12-18(20)24/h2-12H,13H2,1H3. The van der Waals surface area contributed by atoms with Gasteiger partial charge in [0, 0.05) is 11.6 Å². The van der Waals surface area contributed by atoms with E-state index in [9.17, 15) is 13.6 Å². The molecule has 1 heterocycles. The van der Waals surface area contributed by atoms with E-state index >= 15 is 0 Å². The van der Waals surface area contributed by atoms with Gasteiger partial charge in [-0.15, -0.1) is 0 Å². The molecule has 7 nitrogen and oxygen atoms in total. The number of methoxy groups -OCH3 is 1. The quantitative estimate of drug-likeness (QED) is 0.434. The van der Waals surface area contributed by atoms with Crippen molar-refractivity contribution in [3.8, 4) is 29.0 Å². The fourth-order valence-corrected chi connectivity index (χ4v) is 2.78. The van der Waals surface area contributed by atoms with Crippen LogP contribution in [-0.2, 0) is 6.61 Å². The summed E-state index contributed by atoms with van der Waals surface area (Å²) in [5.74, 6) is -1.58. The van der Waals surface area contributed by atoms with Gasteiger partial charge in [0.15, 0.2) is 11.6 Å². The molecule has 0 aliphatic carbocycles. The Hall–Kier alpha value is -4.14. The molecule has 4 aromatic rings. The Labute approximate surface area is 175 Å². The highest BCUT2D eigenvalue weighted by Gasteiger charge is 2.15. The maximum atomic E-state index is 13.7. The van der Waals surface area contributed by atoms with E-state index < -0.39 is 23.5 Å². The summed E-state index contributed by atoms with van der Waals surface area (Å²) in [7, 11) is 1.59. The first kappa shape index (κ1) is 20.1. The van der Waals surface area contributed by atoms with Crippen LogP contribution in [0.5, 0.6) is 23.3 Å². The van der Waals surface area contributed by atoms with Crippen LogP contribution in [0, 0.1) is 11.6 Å². The average Bonchev–Trinajstić information content (AvgIpc) is 3.15. The van der Waals surface area contributed by atoms with E-state index in [-0.39, 0.29) is 5.75 Å². The van der Waals surface area contributed by atoms with Gasteiger partial charge in [0.25, 0.3) is 0 Å². The highest BCUT2D eigenvalue weighted by atomic mass is 19.1. The molecule has 4 rings (SSSR count). The lowest BCUT2D eigenvalue weighted by atomic mass is 10.2. The van der Waals surface area contributed by atoms with Gasteiger partial charge >= 0.3 is 11.8 Å². The van der Waals surface area contributed by atoms with Crippen LogP contribution in [0.15, 0.2) is 75.9 Å². The minimum absolute atomic E-state index is 0.300. The predicted octanol–water partition coefficient (Wildman–Crippen LogP) is 4.48. The van der Waals surface area contributed by atoms with Gasteiger partial charge in [-0.25, -0.2) is 13.6 Å². The van der Waals surface area contributed by atoms with E-state index in [0.29, 0.717) is 24.1 Å². The van der Waals surface area contributed by atoms with Crippen LogP contribution in [0.3, 0.4) is 0 Å². The van der Waals surface area contributed by atoms with Gasteiger partial charge < -0.3 is 18.6 Å². The van der Waals surface area contributed by atoms with Crippen LogP contribution >= 0.6 is 0 Å². The zero-order chi connectivity index (χ0) is 21.8. The largest absolute Gasteiger partial charge is 0.496 e. The van der Waals surface area contributed by atoms with Crippen molar-refractivity contribution in [3.63, 3.8) is 0 Å². The third-order valence-corrected chi connectivity index (χ3v) is 4.29. The molecule has 0 spiro atoms. The van der Waals surface area contributed by atoms with Crippen molar-refractivity contribution >= 4 is 0 Å². The second-order valence-electron chi connectivity index (χ2n) is 6.32. The summed E-state index contributed by atoms with van der Waals surface area (Å²) >= 11 is 0. The molecule has 31 heavy (non-hydrogen) atoms. The fraction of sp³-hybridized carbons (Fsp3) is 0.0909. The Morgan fingerprint density at radius 1 is 1.00 bits per heavy atom. The molecule has 0 N–H and O–H groups in total. The predicted molar refractivity (Wildman–Crippen MR) is 106 cm³/mol. The van der Waals surface area contributed by atoms with E-state index in [1.807, 2.05) is 24.3 Å². The molecule has 1 aromatic heterocycles. The lowest BCUT2D eigenvalue weighted by Crippen LogP contribution is -2.13. The van der Waals surface area contributed by atoms with E-state index in [4.69, 9.17) is 18.6 Å². The fourth-order valence-electron chi connectivity index (χ4n) is 2.78. The maximum Gasteiger partial charge on any atom is 0.444 e. The molecule has 0 aliphatic rings. The highest BCUT2D eigenvalue weighted by molar-refractivity contribution is 5.37. The van der Waals surface area contributed by atoms with E-state index in [1.54, 1.807) is 31.4 Å². The molecule has 0 amide bonds. The lowest BCUT2D eigenvalue weighted by molar-refractivity contribution is 0.296.